The maximum absolute atomic E-state index is 5.78. The molecule has 3 nitrogen and oxygen atoms in total. The van der Waals surface area contributed by atoms with Crippen molar-refractivity contribution in [3.8, 4) is 5.75 Å². The number of piperidine rings is 1. The van der Waals surface area contributed by atoms with Gasteiger partial charge in [-0.2, -0.15) is 0 Å². The van der Waals surface area contributed by atoms with Crippen molar-refractivity contribution in [1.82, 2.24) is 4.90 Å². The third-order valence-corrected chi connectivity index (χ3v) is 4.49. The summed E-state index contributed by atoms with van der Waals surface area (Å²) < 4.78 is 5.31. The van der Waals surface area contributed by atoms with Gasteiger partial charge in [0.1, 0.15) is 10.7 Å². The topological polar surface area (TPSA) is 38.5 Å². The Balaban J connectivity index is 2.20. The van der Waals surface area contributed by atoms with Crippen LogP contribution < -0.4 is 10.5 Å². The third-order valence-electron chi connectivity index (χ3n) is 4.27. The Morgan fingerprint density at radius 1 is 1.35 bits per heavy atom. The van der Waals surface area contributed by atoms with Crippen LogP contribution in [-0.4, -0.2) is 29.1 Å². The Kier molecular flexibility index (Phi) is 5.00. The molecule has 1 fully saturated rings. The minimum Gasteiger partial charge on any atom is -0.496 e. The molecule has 0 amide bonds. The molecule has 1 aliphatic rings. The van der Waals surface area contributed by atoms with Crippen LogP contribution in [-0.2, 0) is 6.54 Å². The van der Waals surface area contributed by atoms with E-state index in [0.29, 0.717) is 17.1 Å². The monoisotopic (exact) mass is 292 g/mol. The zero-order chi connectivity index (χ0) is 14.7. The fraction of sp³-hybridized carbons (Fsp3) is 0.562. The van der Waals surface area contributed by atoms with Crippen molar-refractivity contribution in [1.29, 1.82) is 0 Å². The number of hydrogen-bond acceptors (Lipinski definition) is 3. The van der Waals surface area contributed by atoms with E-state index >= 15 is 0 Å². The molecule has 4 heteroatoms. The lowest BCUT2D eigenvalue weighted by Gasteiger charge is -2.39. The molecule has 1 aromatic carbocycles. The predicted octanol–water partition coefficient (Wildman–Crippen LogP) is 3.09. The van der Waals surface area contributed by atoms with Gasteiger partial charge in [0.15, 0.2) is 0 Å². The molecule has 0 aromatic heterocycles. The van der Waals surface area contributed by atoms with E-state index in [1.807, 2.05) is 6.07 Å². The van der Waals surface area contributed by atoms with Crippen molar-refractivity contribution in [2.75, 3.05) is 7.11 Å². The highest BCUT2D eigenvalue weighted by atomic mass is 32.1. The second-order valence-corrected chi connectivity index (χ2v) is 6.14. The smallest absolute Gasteiger partial charge is 0.129 e. The molecule has 1 saturated heterocycles. The highest BCUT2D eigenvalue weighted by Gasteiger charge is 2.24. The van der Waals surface area contributed by atoms with Crippen LogP contribution in [0.1, 0.15) is 44.2 Å². The Morgan fingerprint density at radius 2 is 2.00 bits per heavy atom. The zero-order valence-electron chi connectivity index (χ0n) is 12.6. The van der Waals surface area contributed by atoms with Gasteiger partial charge in [0.05, 0.1) is 12.7 Å². The second-order valence-electron chi connectivity index (χ2n) is 5.70. The van der Waals surface area contributed by atoms with Gasteiger partial charge < -0.3 is 10.5 Å². The summed E-state index contributed by atoms with van der Waals surface area (Å²) in [5.74, 6) is 0.751. The van der Waals surface area contributed by atoms with Crippen LogP contribution in [0.2, 0.25) is 0 Å². The summed E-state index contributed by atoms with van der Waals surface area (Å²) in [6.45, 7) is 5.57. The second kappa shape index (κ2) is 6.55. The molecule has 2 N–H and O–H groups in total. The first-order valence-corrected chi connectivity index (χ1v) is 7.66. The third kappa shape index (κ3) is 3.30. The number of benzene rings is 1. The molecule has 2 atom stereocenters. The van der Waals surface area contributed by atoms with Crippen molar-refractivity contribution in [3.63, 3.8) is 0 Å². The average molecular weight is 292 g/mol. The van der Waals surface area contributed by atoms with Crippen LogP contribution >= 0.6 is 12.2 Å². The van der Waals surface area contributed by atoms with E-state index in [4.69, 9.17) is 22.7 Å². The maximum atomic E-state index is 5.78. The molecule has 0 aliphatic carbocycles. The van der Waals surface area contributed by atoms with Gasteiger partial charge in [0.25, 0.3) is 0 Å². The number of hydrogen-bond donors (Lipinski definition) is 1. The quantitative estimate of drug-likeness (QED) is 0.866. The molecule has 1 heterocycles. The lowest BCUT2D eigenvalue weighted by atomic mass is 9.96. The van der Waals surface area contributed by atoms with Crippen LogP contribution in [0.25, 0.3) is 0 Å². The molecule has 0 bridgehead atoms. The standard InChI is InChI=1S/C16H24N2OS/c1-11-5-4-6-12(2)18(11)10-13-7-8-15(19-3)14(9-13)16(17)20/h7-9,11-12H,4-6,10H2,1-3H3,(H2,17,20). The van der Waals surface area contributed by atoms with Gasteiger partial charge in [-0.3, -0.25) is 4.90 Å². The normalized spacial score (nSPS) is 23.6. The number of likely N-dealkylation sites (tertiary alicyclic amines) is 1. The van der Waals surface area contributed by atoms with Gasteiger partial charge in [-0.25, -0.2) is 0 Å². The molecule has 1 aliphatic heterocycles. The summed E-state index contributed by atoms with van der Waals surface area (Å²) in [5.41, 5.74) is 7.86. The van der Waals surface area contributed by atoms with Gasteiger partial charge >= 0.3 is 0 Å². The van der Waals surface area contributed by atoms with Gasteiger partial charge in [-0.15, -0.1) is 0 Å². The van der Waals surface area contributed by atoms with Gasteiger partial charge in [-0.1, -0.05) is 24.7 Å². The predicted molar refractivity (Wildman–Crippen MR) is 87.2 cm³/mol. The average Bonchev–Trinajstić information content (AvgIpc) is 2.43. The highest BCUT2D eigenvalue weighted by molar-refractivity contribution is 7.80. The fourth-order valence-corrected chi connectivity index (χ4v) is 3.20. The molecule has 1 aromatic rings. The minimum absolute atomic E-state index is 0.392. The number of methoxy groups -OCH3 is 1. The number of nitrogens with zero attached hydrogens (tertiary/aromatic N) is 1. The largest absolute Gasteiger partial charge is 0.496 e. The van der Waals surface area contributed by atoms with Crippen LogP contribution in [0.5, 0.6) is 5.75 Å². The van der Waals surface area contributed by atoms with Crippen LogP contribution in [0, 0.1) is 0 Å². The first-order chi connectivity index (χ1) is 9.52. The molecular formula is C16H24N2OS. The molecule has 2 unspecified atom stereocenters. The molecule has 0 radical (unpaired) electrons. The number of rotatable bonds is 4. The summed E-state index contributed by atoms with van der Waals surface area (Å²) in [6, 6.07) is 7.40. The molecule has 20 heavy (non-hydrogen) atoms. The first kappa shape index (κ1) is 15.3. The van der Waals surface area contributed by atoms with Crippen molar-refractivity contribution in [2.24, 2.45) is 5.73 Å². The summed E-state index contributed by atoms with van der Waals surface area (Å²) in [6.07, 6.45) is 3.89. The highest BCUT2D eigenvalue weighted by Crippen LogP contribution is 2.26. The first-order valence-electron chi connectivity index (χ1n) is 7.25. The van der Waals surface area contributed by atoms with Crippen molar-refractivity contribution < 1.29 is 4.74 Å². The minimum atomic E-state index is 0.392. The van der Waals surface area contributed by atoms with Crippen molar-refractivity contribution in [3.05, 3.63) is 29.3 Å². The van der Waals surface area contributed by atoms with Gasteiger partial charge in [-0.05, 0) is 44.4 Å². The molecule has 0 saturated carbocycles. The van der Waals surface area contributed by atoms with E-state index in [1.54, 1.807) is 7.11 Å². The Morgan fingerprint density at radius 3 is 2.55 bits per heavy atom. The summed E-state index contributed by atoms with van der Waals surface area (Å²) in [4.78, 5) is 2.96. The van der Waals surface area contributed by atoms with Crippen molar-refractivity contribution in [2.45, 2.75) is 51.7 Å². The fourth-order valence-electron chi connectivity index (χ4n) is 3.04. The maximum Gasteiger partial charge on any atom is 0.129 e. The number of nitrogens with two attached hydrogens (primary N) is 1. The number of thiocarbonyl (C=S) groups is 1. The van der Waals surface area contributed by atoms with Crippen molar-refractivity contribution >= 4 is 17.2 Å². The SMILES string of the molecule is COc1ccc(CN2C(C)CCCC2C)cc1C(N)=S. The van der Waals surface area contributed by atoms with Gasteiger partial charge in [0.2, 0.25) is 0 Å². The Bertz CT molecular complexity index is 479. The van der Waals surface area contributed by atoms with Crippen LogP contribution in [0.3, 0.4) is 0 Å². The zero-order valence-corrected chi connectivity index (χ0v) is 13.4. The lowest BCUT2D eigenvalue weighted by Crippen LogP contribution is -2.42. The van der Waals surface area contributed by atoms with E-state index in [9.17, 15) is 0 Å². The van der Waals surface area contributed by atoms with Gasteiger partial charge in [0, 0.05) is 18.6 Å². The summed E-state index contributed by atoms with van der Waals surface area (Å²) >= 11 is 5.11. The molecular weight excluding hydrogens is 268 g/mol. The van der Waals surface area contributed by atoms with E-state index < -0.39 is 0 Å². The molecule has 0 spiro atoms. The molecule has 110 valence electrons. The van der Waals surface area contributed by atoms with E-state index in [2.05, 4.69) is 30.9 Å². The van der Waals surface area contributed by atoms with Crippen LogP contribution in [0.4, 0.5) is 0 Å². The Labute approximate surface area is 127 Å². The number of ether oxygens (including phenoxy) is 1. The van der Waals surface area contributed by atoms with E-state index in [0.717, 1.165) is 17.9 Å². The lowest BCUT2D eigenvalue weighted by molar-refractivity contribution is 0.0952. The van der Waals surface area contributed by atoms with Crippen LogP contribution in [0.15, 0.2) is 18.2 Å². The summed E-state index contributed by atoms with van der Waals surface area (Å²) in [7, 11) is 1.64. The van der Waals surface area contributed by atoms with E-state index in [1.165, 1.54) is 24.8 Å². The summed E-state index contributed by atoms with van der Waals surface area (Å²) in [5, 5.41) is 0. The van der Waals surface area contributed by atoms with E-state index in [-0.39, 0.29) is 0 Å². The molecule has 2 rings (SSSR count). The Hall–Kier alpha value is -1.13.